The molecule has 2 heterocycles. The van der Waals surface area contributed by atoms with Gasteiger partial charge in [-0.1, -0.05) is 29.8 Å². The lowest BCUT2D eigenvalue weighted by Gasteiger charge is -2.26. The van der Waals surface area contributed by atoms with Crippen LogP contribution in [0.2, 0.25) is 5.02 Å². The zero-order valence-corrected chi connectivity index (χ0v) is 17.8. The third-order valence-electron chi connectivity index (χ3n) is 4.58. The number of benzene rings is 2. The molecule has 2 aromatic carbocycles. The van der Waals surface area contributed by atoms with E-state index < -0.39 is 16.0 Å². The molecule has 0 spiro atoms. The number of aromatic nitrogens is 2. The average Bonchev–Trinajstić information content (AvgIpc) is 3.28. The SMILES string of the molecule is O=C(OCc1nnc(-c2ccccc2)o1)c1cc(S(=O)(=O)N2CCOCC2)ccc1Cl. The molecule has 1 aromatic heterocycles. The first-order chi connectivity index (χ1) is 14.9. The van der Waals surface area contributed by atoms with E-state index in [1.54, 1.807) is 0 Å². The molecule has 31 heavy (non-hydrogen) atoms. The summed E-state index contributed by atoms with van der Waals surface area (Å²) in [5.74, 6) is -0.410. The molecular formula is C20H18ClN3O6S. The Balaban J connectivity index is 1.47. The highest BCUT2D eigenvalue weighted by Crippen LogP contribution is 2.25. The Hall–Kier alpha value is -2.79. The third-order valence-corrected chi connectivity index (χ3v) is 6.80. The number of hydrogen-bond donors (Lipinski definition) is 0. The first kappa shape index (κ1) is 21.4. The number of sulfonamides is 1. The van der Waals surface area contributed by atoms with Gasteiger partial charge >= 0.3 is 5.97 Å². The highest BCUT2D eigenvalue weighted by molar-refractivity contribution is 7.89. The normalized spacial score (nSPS) is 15.0. The lowest BCUT2D eigenvalue weighted by atomic mass is 10.2. The Morgan fingerprint density at radius 3 is 2.58 bits per heavy atom. The van der Waals surface area contributed by atoms with Gasteiger partial charge in [0.1, 0.15) is 0 Å². The predicted molar refractivity (Wildman–Crippen MR) is 110 cm³/mol. The molecule has 0 N–H and O–H groups in total. The standard InChI is InChI=1S/C20H18ClN3O6S/c21-17-7-6-15(31(26,27)24-8-10-28-11-9-24)12-16(17)20(25)29-13-18-22-23-19(30-18)14-4-2-1-3-5-14/h1-7,12H,8-11,13H2. The fraction of sp³-hybridized carbons (Fsp3) is 0.250. The maximum Gasteiger partial charge on any atom is 0.340 e. The molecule has 1 aliphatic rings. The van der Waals surface area contributed by atoms with Crippen molar-refractivity contribution in [2.45, 2.75) is 11.5 Å². The van der Waals surface area contributed by atoms with Gasteiger partial charge in [0.2, 0.25) is 15.9 Å². The summed E-state index contributed by atoms with van der Waals surface area (Å²) in [6.07, 6.45) is 0. The number of halogens is 1. The quantitative estimate of drug-likeness (QED) is 0.513. The van der Waals surface area contributed by atoms with Crippen LogP contribution in [0.4, 0.5) is 0 Å². The lowest BCUT2D eigenvalue weighted by Crippen LogP contribution is -2.40. The third kappa shape index (κ3) is 4.77. The van der Waals surface area contributed by atoms with E-state index in [2.05, 4.69) is 10.2 Å². The second-order valence-electron chi connectivity index (χ2n) is 6.60. The fourth-order valence-electron chi connectivity index (χ4n) is 2.97. The molecular weight excluding hydrogens is 446 g/mol. The zero-order valence-electron chi connectivity index (χ0n) is 16.2. The van der Waals surface area contributed by atoms with E-state index in [4.69, 9.17) is 25.5 Å². The van der Waals surface area contributed by atoms with Crippen molar-refractivity contribution < 1.29 is 27.1 Å². The summed E-state index contributed by atoms with van der Waals surface area (Å²) in [6, 6.07) is 13.1. The molecule has 0 unspecified atom stereocenters. The maximum atomic E-state index is 12.8. The van der Waals surface area contributed by atoms with E-state index in [9.17, 15) is 13.2 Å². The van der Waals surface area contributed by atoms with Gasteiger partial charge in [0.05, 0.1) is 28.7 Å². The molecule has 1 aliphatic heterocycles. The van der Waals surface area contributed by atoms with Crippen LogP contribution in [0.3, 0.4) is 0 Å². The number of esters is 1. The number of rotatable bonds is 6. The molecule has 3 aromatic rings. The van der Waals surface area contributed by atoms with Gasteiger partial charge in [0.25, 0.3) is 5.89 Å². The minimum atomic E-state index is -3.78. The summed E-state index contributed by atoms with van der Waals surface area (Å²) in [4.78, 5) is 12.5. The smallest absolute Gasteiger partial charge is 0.340 e. The van der Waals surface area contributed by atoms with Crippen LogP contribution >= 0.6 is 11.6 Å². The van der Waals surface area contributed by atoms with Crippen LogP contribution < -0.4 is 0 Å². The summed E-state index contributed by atoms with van der Waals surface area (Å²) >= 11 is 6.11. The maximum absolute atomic E-state index is 12.8. The van der Waals surface area contributed by atoms with Gasteiger partial charge in [-0.25, -0.2) is 13.2 Å². The second kappa shape index (κ2) is 9.15. The van der Waals surface area contributed by atoms with Crippen molar-refractivity contribution in [3.8, 4) is 11.5 Å². The predicted octanol–water partition coefficient (Wildman–Crippen LogP) is 2.77. The average molecular weight is 464 g/mol. The van der Waals surface area contributed by atoms with Gasteiger partial charge in [-0.05, 0) is 30.3 Å². The van der Waals surface area contributed by atoms with Crippen molar-refractivity contribution >= 4 is 27.6 Å². The first-order valence-electron chi connectivity index (χ1n) is 9.37. The topological polar surface area (TPSA) is 112 Å². The van der Waals surface area contributed by atoms with Crippen molar-refractivity contribution in [1.29, 1.82) is 0 Å². The van der Waals surface area contributed by atoms with E-state index in [1.165, 1.54) is 22.5 Å². The first-order valence-corrected chi connectivity index (χ1v) is 11.2. The van der Waals surface area contributed by atoms with Crippen LogP contribution in [0, 0.1) is 0 Å². The van der Waals surface area contributed by atoms with Crippen molar-refractivity contribution in [2.24, 2.45) is 0 Å². The molecule has 1 fully saturated rings. The van der Waals surface area contributed by atoms with E-state index >= 15 is 0 Å². The van der Waals surface area contributed by atoms with Crippen molar-refractivity contribution in [3.63, 3.8) is 0 Å². The van der Waals surface area contributed by atoms with E-state index in [0.29, 0.717) is 19.1 Å². The van der Waals surface area contributed by atoms with Gasteiger partial charge in [0.15, 0.2) is 6.61 Å². The largest absolute Gasteiger partial charge is 0.452 e. The second-order valence-corrected chi connectivity index (χ2v) is 8.95. The molecule has 0 amide bonds. The van der Waals surface area contributed by atoms with E-state index in [-0.39, 0.29) is 41.1 Å². The Labute approximate surface area is 183 Å². The van der Waals surface area contributed by atoms with Crippen LogP contribution in [0.25, 0.3) is 11.5 Å². The van der Waals surface area contributed by atoms with E-state index in [0.717, 1.165) is 5.56 Å². The highest BCUT2D eigenvalue weighted by Gasteiger charge is 2.28. The Morgan fingerprint density at radius 1 is 1.10 bits per heavy atom. The highest BCUT2D eigenvalue weighted by atomic mass is 35.5. The van der Waals surface area contributed by atoms with Crippen LogP contribution in [0.5, 0.6) is 0 Å². The summed E-state index contributed by atoms with van der Waals surface area (Å²) in [7, 11) is -3.78. The Morgan fingerprint density at radius 2 is 1.84 bits per heavy atom. The molecule has 9 nitrogen and oxygen atoms in total. The molecule has 162 valence electrons. The number of hydrogen-bond acceptors (Lipinski definition) is 8. The van der Waals surface area contributed by atoms with Crippen molar-refractivity contribution in [3.05, 3.63) is 65.0 Å². The van der Waals surface area contributed by atoms with Crippen LogP contribution in [-0.4, -0.2) is 55.2 Å². The van der Waals surface area contributed by atoms with Gasteiger partial charge < -0.3 is 13.9 Å². The monoisotopic (exact) mass is 463 g/mol. The summed E-state index contributed by atoms with van der Waals surface area (Å²) in [6.45, 7) is 0.834. The summed E-state index contributed by atoms with van der Waals surface area (Å²) < 4.78 is 42.9. The van der Waals surface area contributed by atoms with Gasteiger partial charge in [0, 0.05) is 18.7 Å². The van der Waals surface area contributed by atoms with Crippen molar-refractivity contribution in [1.82, 2.24) is 14.5 Å². The molecule has 0 radical (unpaired) electrons. The number of carbonyl (C=O) groups is 1. The molecule has 4 rings (SSSR count). The lowest BCUT2D eigenvalue weighted by molar-refractivity contribution is 0.0438. The molecule has 1 saturated heterocycles. The Bertz CT molecular complexity index is 1180. The summed E-state index contributed by atoms with van der Waals surface area (Å²) in [5, 5.41) is 7.85. The van der Waals surface area contributed by atoms with Gasteiger partial charge in [-0.3, -0.25) is 0 Å². The molecule has 0 aliphatic carbocycles. The minimum Gasteiger partial charge on any atom is -0.452 e. The number of ether oxygens (including phenoxy) is 2. The molecule has 0 saturated carbocycles. The van der Waals surface area contributed by atoms with E-state index in [1.807, 2.05) is 30.3 Å². The molecule has 0 atom stereocenters. The molecule has 0 bridgehead atoms. The van der Waals surface area contributed by atoms with Gasteiger partial charge in [-0.2, -0.15) is 4.31 Å². The zero-order chi connectivity index (χ0) is 21.8. The number of nitrogens with zero attached hydrogens (tertiary/aromatic N) is 3. The Kier molecular flexibility index (Phi) is 6.33. The van der Waals surface area contributed by atoms with Crippen molar-refractivity contribution in [2.75, 3.05) is 26.3 Å². The number of morpholine rings is 1. The minimum absolute atomic E-state index is 0.0464. The number of carbonyl (C=O) groups excluding carboxylic acids is 1. The molecule has 11 heteroatoms. The van der Waals surface area contributed by atoms with Gasteiger partial charge in [-0.15, -0.1) is 10.2 Å². The summed E-state index contributed by atoms with van der Waals surface area (Å²) in [5.41, 5.74) is 0.662. The fourth-order valence-corrected chi connectivity index (χ4v) is 4.60. The van der Waals surface area contributed by atoms with Crippen LogP contribution in [0.1, 0.15) is 16.2 Å². The van der Waals surface area contributed by atoms with Crippen LogP contribution in [-0.2, 0) is 26.1 Å². The van der Waals surface area contributed by atoms with Crippen LogP contribution in [0.15, 0.2) is 57.8 Å².